The largest absolute Gasteiger partial charge is 0.370 e. The predicted molar refractivity (Wildman–Crippen MR) is 72.1 cm³/mol. The molecule has 0 saturated heterocycles. The number of guanidine groups is 1. The predicted octanol–water partition coefficient (Wildman–Crippen LogP) is 2.08. The van der Waals surface area contributed by atoms with E-state index < -0.39 is 0 Å². The average Bonchev–Trinajstić information content (AvgIpc) is 2.61. The summed E-state index contributed by atoms with van der Waals surface area (Å²) in [5.41, 5.74) is 8.06. The van der Waals surface area contributed by atoms with Crippen molar-refractivity contribution in [3.05, 3.63) is 34.0 Å². The highest BCUT2D eigenvalue weighted by Gasteiger charge is 1.99. The number of nitrogens with zero attached hydrogens (tertiary/aromatic N) is 1. The first-order valence-electron chi connectivity index (χ1n) is 5.30. The van der Waals surface area contributed by atoms with Gasteiger partial charge in [-0.05, 0) is 37.3 Å². The van der Waals surface area contributed by atoms with Crippen LogP contribution in [0.2, 0.25) is 0 Å². The fourth-order valence-electron chi connectivity index (χ4n) is 1.24. The Bertz CT molecular complexity index is 379. The SMILES string of the molecule is C=C(C)CN=C(N)NCCc1sccc1C. The van der Waals surface area contributed by atoms with Crippen molar-refractivity contribution in [1.29, 1.82) is 0 Å². The summed E-state index contributed by atoms with van der Waals surface area (Å²) < 4.78 is 0. The second-order valence-corrected chi connectivity index (χ2v) is 4.86. The smallest absolute Gasteiger partial charge is 0.188 e. The molecule has 1 rings (SSSR count). The van der Waals surface area contributed by atoms with Gasteiger partial charge in [-0.1, -0.05) is 12.2 Å². The van der Waals surface area contributed by atoms with Crippen molar-refractivity contribution in [3.8, 4) is 0 Å². The van der Waals surface area contributed by atoms with Gasteiger partial charge in [0, 0.05) is 11.4 Å². The maximum absolute atomic E-state index is 5.70. The van der Waals surface area contributed by atoms with Crippen molar-refractivity contribution >= 4 is 17.3 Å². The monoisotopic (exact) mass is 237 g/mol. The summed E-state index contributed by atoms with van der Waals surface area (Å²) in [5.74, 6) is 0.497. The van der Waals surface area contributed by atoms with Gasteiger partial charge in [-0.2, -0.15) is 0 Å². The molecular formula is C12H19N3S. The number of aliphatic imine (C=N–C) groups is 1. The van der Waals surface area contributed by atoms with Crippen molar-refractivity contribution in [2.45, 2.75) is 20.3 Å². The summed E-state index contributed by atoms with van der Waals surface area (Å²) in [6, 6.07) is 2.14. The van der Waals surface area contributed by atoms with Crippen LogP contribution in [0.15, 0.2) is 28.6 Å². The number of nitrogens with one attached hydrogen (secondary N) is 1. The molecular weight excluding hydrogens is 218 g/mol. The number of thiophene rings is 1. The molecule has 0 bridgehead atoms. The van der Waals surface area contributed by atoms with E-state index in [9.17, 15) is 0 Å². The number of rotatable bonds is 5. The molecule has 0 spiro atoms. The zero-order chi connectivity index (χ0) is 12.0. The Morgan fingerprint density at radius 2 is 2.38 bits per heavy atom. The molecule has 0 fully saturated rings. The van der Waals surface area contributed by atoms with Crippen molar-refractivity contribution < 1.29 is 0 Å². The average molecular weight is 237 g/mol. The van der Waals surface area contributed by atoms with Gasteiger partial charge in [0.2, 0.25) is 0 Å². The molecule has 4 heteroatoms. The third-order valence-electron chi connectivity index (χ3n) is 2.15. The minimum atomic E-state index is 0.497. The van der Waals surface area contributed by atoms with Gasteiger partial charge in [-0.15, -0.1) is 11.3 Å². The third kappa shape index (κ3) is 4.49. The van der Waals surface area contributed by atoms with Gasteiger partial charge in [0.15, 0.2) is 5.96 Å². The van der Waals surface area contributed by atoms with Gasteiger partial charge in [-0.3, -0.25) is 0 Å². The van der Waals surface area contributed by atoms with E-state index in [1.165, 1.54) is 10.4 Å². The summed E-state index contributed by atoms with van der Waals surface area (Å²) in [7, 11) is 0. The molecule has 0 aliphatic carbocycles. The molecule has 3 nitrogen and oxygen atoms in total. The molecule has 0 amide bonds. The Morgan fingerprint density at radius 1 is 1.62 bits per heavy atom. The first kappa shape index (κ1) is 12.8. The van der Waals surface area contributed by atoms with E-state index in [0.29, 0.717) is 12.5 Å². The number of aryl methyl sites for hydroxylation is 1. The molecule has 0 unspecified atom stereocenters. The highest BCUT2D eigenvalue weighted by molar-refractivity contribution is 7.10. The first-order chi connectivity index (χ1) is 7.59. The van der Waals surface area contributed by atoms with Crippen molar-refractivity contribution in [3.63, 3.8) is 0 Å². The van der Waals surface area contributed by atoms with Gasteiger partial charge >= 0.3 is 0 Å². The van der Waals surface area contributed by atoms with Crippen LogP contribution < -0.4 is 11.1 Å². The maximum atomic E-state index is 5.70. The summed E-state index contributed by atoms with van der Waals surface area (Å²) in [4.78, 5) is 5.56. The maximum Gasteiger partial charge on any atom is 0.188 e. The van der Waals surface area contributed by atoms with Crippen molar-refractivity contribution in [2.24, 2.45) is 10.7 Å². The van der Waals surface area contributed by atoms with E-state index >= 15 is 0 Å². The zero-order valence-electron chi connectivity index (χ0n) is 9.92. The normalized spacial score (nSPS) is 11.5. The first-order valence-corrected chi connectivity index (χ1v) is 6.18. The highest BCUT2D eigenvalue weighted by Crippen LogP contribution is 2.15. The molecule has 0 saturated carbocycles. The standard InChI is InChI=1S/C12H19N3S/c1-9(2)8-15-12(13)14-6-4-11-10(3)5-7-16-11/h5,7H,1,4,6,8H2,2-3H3,(H3,13,14,15). The van der Waals surface area contributed by atoms with E-state index in [-0.39, 0.29) is 0 Å². The quantitative estimate of drug-likeness (QED) is 0.468. The molecule has 0 aliphatic rings. The second-order valence-electron chi connectivity index (χ2n) is 3.86. The van der Waals surface area contributed by atoms with E-state index in [0.717, 1.165) is 18.5 Å². The van der Waals surface area contributed by atoms with Crippen molar-refractivity contribution in [1.82, 2.24) is 5.32 Å². The lowest BCUT2D eigenvalue weighted by Gasteiger charge is -2.05. The van der Waals surface area contributed by atoms with Crippen LogP contribution in [0.3, 0.4) is 0 Å². The summed E-state index contributed by atoms with van der Waals surface area (Å²) in [6.07, 6.45) is 0.993. The Hall–Kier alpha value is -1.29. The van der Waals surface area contributed by atoms with Crippen LogP contribution in [0.1, 0.15) is 17.4 Å². The lowest BCUT2D eigenvalue weighted by Crippen LogP contribution is -2.33. The molecule has 0 aliphatic heterocycles. The number of hydrogen-bond acceptors (Lipinski definition) is 2. The minimum absolute atomic E-state index is 0.497. The molecule has 88 valence electrons. The molecule has 0 radical (unpaired) electrons. The van der Waals surface area contributed by atoms with Gasteiger partial charge in [0.05, 0.1) is 6.54 Å². The summed E-state index contributed by atoms with van der Waals surface area (Å²) >= 11 is 1.78. The number of hydrogen-bond donors (Lipinski definition) is 2. The van der Waals surface area contributed by atoms with Gasteiger partial charge < -0.3 is 11.1 Å². The second kappa shape index (κ2) is 6.33. The van der Waals surface area contributed by atoms with Crippen LogP contribution in [-0.4, -0.2) is 19.0 Å². The highest BCUT2D eigenvalue weighted by atomic mass is 32.1. The molecule has 1 heterocycles. The fourth-order valence-corrected chi connectivity index (χ4v) is 2.15. The van der Waals surface area contributed by atoms with E-state index in [2.05, 4.69) is 35.3 Å². The van der Waals surface area contributed by atoms with Gasteiger partial charge in [0.25, 0.3) is 0 Å². The van der Waals surface area contributed by atoms with Crippen LogP contribution in [0, 0.1) is 6.92 Å². The Balaban J connectivity index is 2.28. The Labute approximate surface area is 101 Å². The Kier molecular flexibility index (Phi) is 5.05. The minimum Gasteiger partial charge on any atom is -0.370 e. The van der Waals surface area contributed by atoms with E-state index in [1.54, 1.807) is 11.3 Å². The molecule has 3 N–H and O–H groups in total. The van der Waals surface area contributed by atoms with Crippen molar-refractivity contribution in [2.75, 3.05) is 13.1 Å². The third-order valence-corrected chi connectivity index (χ3v) is 3.23. The molecule has 1 aromatic heterocycles. The Morgan fingerprint density at radius 3 is 2.94 bits per heavy atom. The van der Waals surface area contributed by atoms with Gasteiger partial charge in [0.1, 0.15) is 0 Å². The number of nitrogens with two attached hydrogens (primary N) is 1. The molecule has 0 aromatic carbocycles. The lowest BCUT2D eigenvalue weighted by atomic mass is 10.2. The van der Waals surface area contributed by atoms with Crippen LogP contribution in [-0.2, 0) is 6.42 Å². The zero-order valence-corrected chi connectivity index (χ0v) is 10.7. The summed E-state index contributed by atoms with van der Waals surface area (Å²) in [5, 5.41) is 5.21. The van der Waals surface area contributed by atoms with E-state index in [4.69, 9.17) is 5.73 Å². The van der Waals surface area contributed by atoms with Crippen LogP contribution >= 0.6 is 11.3 Å². The van der Waals surface area contributed by atoms with Crippen LogP contribution in [0.25, 0.3) is 0 Å². The van der Waals surface area contributed by atoms with Crippen LogP contribution in [0.4, 0.5) is 0 Å². The summed E-state index contributed by atoms with van der Waals surface area (Å²) in [6.45, 7) is 9.26. The molecule has 1 aromatic rings. The van der Waals surface area contributed by atoms with E-state index in [1.807, 2.05) is 6.92 Å². The molecule has 0 atom stereocenters. The molecule has 16 heavy (non-hydrogen) atoms. The lowest BCUT2D eigenvalue weighted by molar-refractivity contribution is 0.859. The van der Waals surface area contributed by atoms with Gasteiger partial charge in [-0.25, -0.2) is 4.99 Å². The topological polar surface area (TPSA) is 50.4 Å². The van der Waals surface area contributed by atoms with Crippen LogP contribution in [0.5, 0.6) is 0 Å². The fraction of sp³-hybridized carbons (Fsp3) is 0.417.